The molecule has 0 radical (unpaired) electrons. The number of nitrogens with one attached hydrogen (secondary N) is 1. The molecule has 3 aromatic rings. The Morgan fingerprint density at radius 2 is 2.05 bits per heavy atom. The molecule has 2 N–H and O–H groups in total. The highest BCUT2D eigenvalue weighted by molar-refractivity contribution is 7.10. The monoisotopic (exact) mass is 299 g/mol. The maximum atomic E-state index is 11.3. The van der Waals surface area contributed by atoms with Crippen molar-refractivity contribution in [2.45, 2.75) is 13.8 Å². The van der Waals surface area contributed by atoms with E-state index in [1.165, 1.54) is 0 Å². The Morgan fingerprint density at radius 1 is 1.24 bits per heavy atom. The first kappa shape index (κ1) is 13.5. The zero-order valence-electron chi connectivity index (χ0n) is 11.5. The summed E-state index contributed by atoms with van der Waals surface area (Å²) in [7, 11) is 0. The normalized spacial score (nSPS) is 10.8. The van der Waals surface area contributed by atoms with Gasteiger partial charge in [0.05, 0.1) is 16.9 Å². The Kier molecular flexibility index (Phi) is 3.31. The SMILES string of the molecule is Cc1ccc2cccc(Nc3snc(C)c3C(=O)O)c2n1. The molecule has 106 valence electrons. The van der Waals surface area contributed by atoms with Gasteiger partial charge in [0.1, 0.15) is 10.6 Å². The van der Waals surface area contributed by atoms with E-state index in [1.807, 2.05) is 37.3 Å². The van der Waals surface area contributed by atoms with Gasteiger partial charge in [-0.1, -0.05) is 18.2 Å². The molecule has 0 unspecified atom stereocenters. The number of carboxylic acid groups (broad SMARTS) is 1. The minimum Gasteiger partial charge on any atom is -0.478 e. The second kappa shape index (κ2) is 5.14. The highest BCUT2D eigenvalue weighted by Crippen LogP contribution is 2.31. The number of para-hydroxylation sites is 1. The predicted molar refractivity (Wildman–Crippen MR) is 83.6 cm³/mol. The highest BCUT2D eigenvalue weighted by Gasteiger charge is 2.18. The smallest absolute Gasteiger partial charge is 0.340 e. The molecular weight excluding hydrogens is 286 g/mol. The fourth-order valence-electron chi connectivity index (χ4n) is 2.17. The van der Waals surface area contributed by atoms with E-state index in [9.17, 15) is 9.90 Å². The van der Waals surface area contributed by atoms with E-state index in [2.05, 4.69) is 14.7 Å². The Bertz CT molecular complexity index is 842. The maximum absolute atomic E-state index is 11.3. The lowest BCUT2D eigenvalue weighted by Gasteiger charge is -2.08. The largest absolute Gasteiger partial charge is 0.478 e. The van der Waals surface area contributed by atoms with E-state index >= 15 is 0 Å². The first-order chi connectivity index (χ1) is 10.1. The molecule has 21 heavy (non-hydrogen) atoms. The summed E-state index contributed by atoms with van der Waals surface area (Å²) in [6.07, 6.45) is 0. The van der Waals surface area contributed by atoms with Crippen LogP contribution in [-0.4, -0.2) is 20.4 Å². The number of nitrogens with zero attached hydrogens (tertiary/aromatic N) is 2. The summed E-state index contributed by atoms with van der Waals surface area (Å²) < 4.78 is 4.11. The van der Waals surface area contributed by atoms with Crippen LogP contribution >= 0.6 is 11.5 Å². The van der Waals surface area contributed by atoms with Crippen LogP contribution in [0.2, 0.25) is 0 Å². The molecule has 0 aliphatic heterocycles. The number of rotatable bonds is 3. The van der Waals surface area contributed by atoms with Crippen LogP contribution in [0.3, 0.4) is 0 Å². The number of carboxylic acids is 1. The van der Waals surface area contributed by atoms with Gasteiger partial charge in [-0.05, 0) is 37.5 Å². The van der Waals surface area contributed by atoms with Gasteiger partial charge in [0.25, 0.3) is 0 Å². The molecule has 0 fully saturated rings. The molecule has 6 heteroatoms. The van der Waals surface area contributed by atoms with E-state index in [4.69, 9.17) is 0 Å². The van der Waals surface area contributed by atoms with Crippen molar-refractivity contribution in [2.75, 3.05) is 5.32 Å². The van der Waals surface area contributed by atoms with Crippen LogP contribution in [0.15, 0.2) is 30.3 Å². The number of aromatic carboxylic acids is 1. The van der Waals surface area contributed by atoms with Crippen molar-refractivity contribution in [2.24, 2.45) is 0 Å². The van der Waals surface area contributed by atoms with E-state index in [-0.39, 0.29) is 5.56 Å². The van der Waals surface area contributed by atoms with Crippen LogP contribution < -0.4 is 5.32 Å². The molecule has 2 aromatic heterocycles. The average molecular weight is 299 g/mol. The number of benzene rings is 1. The van der Waals surface area contributed by atoms with Gasteiger partial charge in [0.15, 0.2) is 0 Å². The lowest BCUT2D eigenvalue weighted by atomic mass is 10.1. The number of aryl methyl sites for hydroxylation is 2. The van der Waals surface area contributed by atoms with E-state index < -0.39 is 5.97 Å². The number of hydrogen-bond acceptors (Lipinski definition) is 5. The summed E-state index contributed by atoms with van der Waals surface area (Å²) >= 11 is 1.14. The molecule has 0 bridgehead atoms. The van der Waals surface area contributed by atoms with Crippen molar-refractivity contribution in [3.05, 3.63) is 47.3 Å². The van der Waals surface area contributed by atoms with Gasteiger partial charge in [-0.2, -0.15) is 4.37 Å². The third-order valence-electron chi connectivity index (χ3n) is 3.18. The van der Waals surface area contributed by atoms with Crippen LogP contribution in [0.5, 0.6) is 0 Å². The Labute approximate surface area is 125 Å². The maximum Gasteiger partial charge on any atom is 0.340 e. The molecule has 0 atom stereocenters. The molecule has 0 aliphatic rings. The Morgan fingerprint density at radius 3 is 2.81 bits per heavy atom. The third kappa shape index (κ3) is 2.45. The standard InChI is InChI=1S/C15H13N3O2S/c1-8-6-7-10-4-3-5-11(13(10)16-8)17-14-12(15(19)20)9(2)18-21-14/h3-7,17H,1-2H3,(H,19,20). The third-order valence-corrected chi connectivity index (χ3v) is 4.04. The zero-order chi connectivity index (χ0) is 15.0. The Hall–Kier alpha value is -2.47. The van der Waals surface area contributed by atoms with Gasteiger partial charge in [-0.3, -0.25) is 4.98 Å². The summed E-state index contributed by atoms with van der Waals surface area (Å²) in [6, 6.07) is 9.72. The lowest BCUT2D eigenvalue weighted by Crippen LogP contribution is -2.02. The summed E-state index contributed by atoms with van der Waals surface area (Å²) in [5, 5.41) is 14.0. The van der Waals surface area contributed by atoms with Gasteiger partial charge in [0.2, 0.25) is 0 Å². The Balaban J connectivity index is 2.10. The van der Waals surface area contributed by atoms with Crippen molar-refractivity contribution in [3.8, 4) is 0 Å². The van der Waals surface area contributed by atoms with Gasteiger partial charge in [-0.15, -0.1) is 0 Å². The summed E-state index contributed by atoms with van der Waals surface area (Å²) in [4.78, 5) is 15.9. The lowest BCUT2D eigenvalue weighted by molar-refractivity contribution is 0.0697. The van der Waals surface area contributed by atoms with Gasteiger partial charge < -0.3 is 10.4 Å². The van der Waals surface area contributed by atoms with Crippen LogP contribution in [0.1, 0.15) is 21.7 Å². The molecular formula is C15H13N3O2S. The zero-order valence-corrected chi connectivity index (χ0v) is 12.4. The average Bonchev–Trinajstić information content (AvgIpc) is 2.80. The summed E-state index contributed by atoms with van der Waals surface area (Å²) in [6.45, 7) is 3.62. The molecule has 0 saturated carbocycles. The van der Waals surface area contributed by atoms with Crippen LogP contribution in [0.4, 0.5) is 10.7 Å². The van der Waals surface area contributed by atoms with Gasteiger partial charge in [0, 0.05) is 11.1 Å². The first-order valence-electron chi connectivity index (χ1n) is 6.39. The number of anilines is 2. The van der Waals surface area contributed by atoms with Crippen molar-refractivity contribution in [1.82, 2.24) is 9.36 Å². The van der Waals surface area contributed by atoms with Gasteiger partial charge in [-0.25, -0.2) is 4.79 Å². The van der Waals surface area contributed by atoms with E-state index in [0.717, 1.165) is 33.8 Å². The summed E-state index contributed by atoms with van der Waals surface area (Å²) in [5.41, 5.74) is 3.24. The van der Waals surface area contributed by atoms with Crippen molar-refractivity contribution in [3.63, 3.8) is 0 Å². The molecule has 1 aromatic carbocycles. The number of hydrogen-bond donors (Lipinski definition) is 2. The van der Waals surface area contributed by atoms with E-state index in [0.29, 0.717) is 10.7 Å². The van der Waals surface area contributed by atoms with Gasteiger partial charge >= 0.3 is 5.97 Å². The molecule has 2 heterocycles. The van der Waals surface area contributed by atoms with E-state index in [1.54, 1.807) is 6.92 Å². The number of pyridine rings is 1. The van der Waals surface area contributed by atoms with Crippen molar-refractivity contribution >= 4 is 39.1 Å². The topological polar surface area (TPSA) is 75.1 Å². The van der Waals surface area contributed by atoms with Crippen molar-refractivity contribution in [1.29, 1.82) is 0 Å². The fraction of sp³-hybridized carbons (Fsp3) is 0.133. The van der Waals surface area contributed by atoms with Crippen LogP contribution in [0, 0.1) is 13.8 Å². The van der Waals surface area contributed by atoms with Crippen molar-refractivity contribution < 1.29 is 9.90 Å². The second-order valence-electron chi connectivity index (χ2n) is 4.73. The molecule has 5 nitrogen and oxygen atoms in total. The predicted octanol–water partition coefficient (Wildman–Crippen LogP) is 3.75. The second-order valence-corrected chi connectivity index (χ2v) is 5.51. The number of aromatic nitrogens is 2. The fourth-order valence-corrected chi connectivity index (χ4v) is 2.98. The molecule has 0 saturated heterocycles. The first-order valence-corrected chi connectivity index (χ1v) is 7.16. The summed E-state index contributed by atoms with van der Waals surface area (Å²) in [5.74, 6) is -0.979. The minimum atomic E-state index is -0.979. The molecule has 0 amide bonds. The molecule has 0 aliphatic carbocycles. The number of fused-ring (bicyclic) bond motifs is 1. The van der Waals surface area contributed by atoms with Crippen LogP contribution in [-0.2, 0) is 0 Å². The highest BCUT2D eigenvalue weighted by atomic mass is 32.1. The number of carbonyl (C=O) groups is 1. The quantitative estimate of drug-likeness (QED) is 0.770. The molecule has 3 rings (SSSR count). The minimum absolute atomic E-state index is 0.213. The van der Waals surface area contributed by atoms with Crippen LogP contribution in [0.25, 0.3) is 10.9 Å². The molecule has 0 spiro atoms.